The second kappa shape index (κ2) is 7.40. The van der Waals surface area contributed by atoms with E-state index >= 15 is 0 Å². The van der Waals surface area contributed by atoms with Crippen LogP contribution in [-0.2, 0) is 0 Å². The molecule has 0 aromatic heterocycles. The molecule has 0 heterocycles. The summed E-state index contributed by atoms with van der Waals surface area (Å²) in [5, 5.41) is 9.68. The first-order valence-corrected chi connectivity index (χ1v) is 14.5. The Labute approximate surface area is 128 Å². The Morgan fingerprint density at radius 2 is 0.950 bits per heavy atom. The summed E-state index contributed by atoms with van der Waals surface area (Å²) >= 11 is 0. The second-order valence-corrected chi connectivity index (χ2v) is 17.2. The van der Waals surface area contributed by atoms with Crippen molar-refractivity contribution in [1.29, 1.82) is 0 Å². The van der Waals surface area contributed by atoms with Gasteiger partial charge < -0.3 is 9.35 Å². The van der Waals surface area contributed by atoms with Gasteiger partial charge in [-0.05, 0) is 12.8 Å². The highest BCUT2D eigenvalue weighted by atomic mass is 28.3. The van der Waals surface area contributed by atoms with Crippen LogP contribution in [0.4, 0.5) is 0 Å². The van der Waals surface area contributed by atoms with Gasteiger partial charge in [-0.3, -0.25) is 0 Å². The third-order valence-corrected chi connectivity index (χ3v) is 7.57. The zero-order valence-corrected chi connectivity index (χ0v) is 17.2. The van der Waals surface area contributed by atoms with Crippen LogP contribution in [0.25, 0.3) is 0 Å². The Bertz CT molecular complexity index is 328. The maximum Gasteiger partial charge on any atom is 0.168 e. The van der Waals surface area contributed by atoms with Crippen LogP contribution in [-0.4, -0.2) is 51.3 Å². The van der Waals surface area contributed by atoms with Crippen molar-refractivity contribution in [2.24, 2.45) is 10.2 Å². The maximum absolute atomic E-state index is 4.84. The molecule has 0 amide bonds. The van der Waals surface area contributed by atoms with Crippen molar-refractivity contribution in [3.8, 4) is 0 Å². The van der Waals surface area contributed by atoms with E-state index in [1.165, 1.54) is 0 Å². The molecular weight excluding hydrogens is 280 g/mol. The van der Waals surface area contributed by atoms with Gasteiger partial charge in [0.25, 0.3) is 0 Å². The first-order valence-electron chi connectivity index (χ1n) is 7.56. The molecule has 6 heteroatoms. The molecule has 0 aliphatic rings. The monoisotopic (exact) mass is 314 g/mol. The van der Waals surface area contributed by atoms with Crippen molar-refractivity contribution < 1.29 is 0 Å². The molecule has 0 atom stereocenters. The molecule has 4 nitrogen and oxygen atoms in total. The van der Waals surface area contributed by atoms with Gasteiger partial charge in [-0.15, -0.1) is 0 Å². The molecule has 0 aromatic carbocycles. The van der Waals surface area contributed by atoms with Crippen LogP contribution in [0, 0.1) is 0 Å². The van der Waals surface area contributed by atoms with Gasteiger partial charge >= 0.3 is 0 Å². The maximum atomic E-state index is 4.84. The third kappa shape index (κ3) is 6.22. The van der Waals surface area contributed by atoms with Crippen molar-refractivity contribution in [2.45, 2.75) is 66.0 Å². The third-order valence-electron chi connectivity index (χ3n) is 3.49. The molecule has 0 unspecified atom stereocenters. The van der Waals surface area contributed by atoms with Crippen molar-refractivity contribution in [3.05, 3.63) is 0 Å². The topological polar surface area (TPSA) is 31.2 Å². The van der Waals surface area contributed by atoms with Gasteiger partial charge in [0.15, 0.2) is 16.5 Å². The van der Waals surface area contributed by atoms with E-state index in [-0.39, 0.29) is 0 Å². The smallest absolute Gasteiger partial charge is 0.168 e. The van der Waals surface area contributed by atoms with Crippen molar-refractivity contribution in [2.75, 3.05) is 14.1 Å². The second-order valence-electron chi connectivity index (χ2n) is 7.19. The Balaban J connectivity index is 5.39. The fourth-order valence-corrected chi connectivity index (χ4v) is 2.17. The number of rotatable bonds is 7. The lowest BCUT2D eigenvalue weighted by molar-refractivity contribution is 0.541. The Morgan fingerprint density at radius 3 is 1.10 bits per heavy atom. The molecule has 20 heavy (non-hydrogen) atoms. The average molecular weight is 315 g/mol. The van der Waals surface area contributed by atoms with Gasteiger partial charge in [0.05, 0.1) is 11.4 Å². The van der Waals surface area contributed by atoms with Gasteiger partial charge in [-0.1, -0.05) is 53.1 Å². The zero-order valence-electron chi connectivity index (χ0n) is 15.2. The molecule has 0 rings (SSSR count). The fourth-order valence-electron chi connectivity index (χ4n) is 1.33. The Morgan fingerprint density at radius 1 is 0.700 bits per heavy atom. The minimum Gasteiger partial charge on any atom is -0.327 e. The molecule has 0 aliphatic heterocycles. The fraction of sp³-hybridized carbons (Fsp3) is 0.857. The summed E-state index contributed by atoms with van der Waals surface area (Å²) in [6.45, 7) is 18.2. The zero-order chi connectivity index (χ0) is 16.1. The Hall–Kier alpha value is -0.626. The van der Waals surface area contributed by atoms with E-state index in [1.54, 1.807) is 0 Å². The highest BCUT2D eigenvalue weighted by Gasteiger charge is 2.22. The number of hydrogen-bond donors (Lipinski definition) is 0. The number of nitrogens with zero attached hydrogens (tertiary/aromatic N) is 4. The molecular formula is C14H34N4Si2. The van der Waals surface area contributed by atoms with Gasteiger partial charge in [0.2, 0.25) is 0 Å². The van der Waals surface area contributed by atoms with E-state index in [0.717, 1.165) is 24.3 Å². The summed E-state index contributed by atoms with van der Waals surface area (Å²) in [7, 11) is 1.41. The Kier molecular flexibility index (Phi) is 7.17. The molecule has 0 fully saturated rings. The quantitative estimate of drug-likeness (QED) is 0.403. The lowest BCUT2D eigenvalue weighted by atomic mass is 10.1. The molecule has 0 N–H and O–H groups in total. The van der Waals surface area contributed by atoms with E-state index < -0.39 is 16.5 Å². The van der Waals surface area contributed by atoms with Crippen LogP contribution >= 0.6 is 0 Å². The molecule has 0 saturated carbocycles. The summed E-state index contributed by atoms with van der Waals surface area (Å²) in [6.07, 6.45) is 1.86. The van der Waals surface area contributed by atoms with Gasteiger partial charge in [0, 0.05) is 14.1 Å². The van der Waals surface area contributed by atoms with E-state index in [2.05, 4.69) is 76.6 Å². The normalized spacial score (nSPS) is 14.5. The van der Waals surface area contributed by atoms with Crippen molar-refractivity contribution in [1.82, 2.24) is 9.35 Å². The molecule has 0 spiro atoms. The predicted molar refractivity (Wildman–Crippen MR) is 97.7 cm³/mol. The largest absolute Gasteiger partial charge is 0.327 e. The summed E-state index contributed by atoms with van der Waals surface area (Å²) in [4.78, 5) is 0. The minimum atomic E-state index is -1.39. The van der Waals surface area contributed by atoms with Crippen LogP contribution in [0.5, 0.6) is 0 Å². The summed E-state index contributed by atoms with van der Waals surface area (Å²) in [6, 6.07) is 0. The van der Waals surface area contributed by atoms with Gasteiger partial charge in [0.1, 0.15) is 0 Å². The molecule has 0 radical (unpaired) electrons. The lowest BCUT2D eigenvalue weighted by Crippen LogP contribution is -2.42. The van der Waals surface area contributed by atoms with Crippen molar-refractivity contribution >= 4 is 27.9 Å². The summed E-state index contributed by atoms with van der Waals surface area (Å²) < 4.78 is 4.34. The van der Waals surface area contributed by atoms with E-state index in [0.29, 0.717) is 0 Å². The van der Waals surface area contributed by atoms with E-state index in [1.807, 2.05) is 0 Å². The van der Waals surface area contributed by atoms with E-state index in [4.69, 9.17) is 10.2 Å². The average Bonchev–Trinajstić information content (AvgIpc) is 2.30. The van der Waals surface area contributed by atoms with Gasteiger partial charge in [-0.25, -0.2) is 0 Å². The molecule has 118 valence electrons. The van der Waals surface area contributed by atoms with Crippen LogP contribution in [0.15, 0.2) is 10.2 Å². The van der Waals surface area contributed by atoms with Gasteiger partial charge in [-0.2, -0.15) is 10.2 Å². The highest BCUT2D eigenvalue weighted by molar-refractivity contribution is 6.73. The highest BCUT2D eigenvalue weighted by Crippen LogP contribution is 2.11. The first kappa shape index (κ1) is 19.4. The van der Waals surface area contributed by atoms with Crippen LogP contribution in [0.1, 0.15) is 26.7 Å². The molecule has 0 bridgehead atoms. The summed E-state index contributed by atoms with van der Waals surface area (Å²) in [5.41, 5.74) is 2.25. The first-order chi connectivity index (χ1) is 8.93. The van der Waals surface area contributed by atoms with Crippen LogP contribution in [0.3, 0.4) is 0 Å². The lowest BCUT2D eigenvalue weighted by Gasteiger charge is -2.30. The SMILES string of the molecule is CCC(=N\N(C)[Si](C)(C)C)/C(CC)=N/N(C)[Si](C)(C)C. The van der Waals surface area contributed by atoms with E-state index in [9.17, 15) is 0 Å². The van der Waals surface area contributed by atoms with Crippen LogP contribution in [0.2, 0.25) is 39.3 Å². The molecule has 0 aromatic rings. The van der Waals surface area contributed by atoms with Crippen LogP contribution < -0.4 is 0 Å². The van der Waals surface area contributed by atoms with Crippen molar-refractivity contribution in [3.63, 3.8) is 0 Å². The molecule has 0 aliphatic carbocycles. The number of hydrogen-bond acceptors (Lipinski definition) is 4. The minimum absolute atomic E-state index is 0.932. The summed E-state index contributed by atoms with van der Waals surface area (Å²) in [5.74, 6) is 0. The molecule has 0 saturated heterocycles. The standard InChI is InChI=1S/C14H34N4Si2/c1-11-13(15-17(3)19(5,6)7)14(12-2)16-18(4)20(8,9)10/h11-12H2,1-10H3/b15-13+,16-14+. The number of hydrazone groups is 2. The predicted octanol–water partition coefficient (Wildman–Crippen LogP) is 4.05.